The Kier molecular flexibility index (Phi) is 4.40. The van der Waals surface area contributed by atoms with Crippen molar-refractivity contribution in [1.82, 2.24) is 5.32 Å². The van der Waals surface area contributed by atoms with Crippen LogP contribution in [0.5, 0.6) is 0 Å². The van der Waals surface area contributed by atoms with Crippen LogP contribution < -0.4 is 5.32 Å². The Balaban J connectivity index is 0.000000810. The summed E-state index contributed by atoms with van der Waals surface area (Å²) in [7, 11) is 0. The molecule has 1 saturated carbocycles. The number of carboxylic acids is 1. The van der Waals surface area contributed by atoms with Crippen LogP contribution in [0, 0.1) is 0 Å². The molecule has 0 bridgehead atoms. The zero-order valence-electron chi connectivity index (χ0n) is 5.67. The first kappa shape index (κ1) is 9.72. The molecule has 0 atom stereocenters. The predicted molar refractivity (Wildman–Crippen MR) is 40.5 cm³/mol. The third kappa shape index (κ3) is 3.03. The SMILES string of the molecule is Cl.O=C(O)CNC1CCC1. The molecule has 0 amide bonds. The number of halogens is 1. The van der Waals surface area contributed by atoms with E-state index in [0.29, 0.717) is 6.04 Å². The molecule has 0 aromatic carbocycles. The minimum Gasteiger partial charge on any atom is -0.480 e. The summed E-state index contributed by atoms with van der Waals surface area (Å²) in [5.41, 5.74) is 0. The molecule has 1 fully saturated rings. The lowest BCUT2D eigenvalue weighted by Crippen LogP contribution is -2.38. The van der Waals surface area contributed by atoms with Gasteiger partial charge >= 0.3 is 5.97 Å². The van der Waals surface area contributed by atoms with E-state index in [1.807, 2.05) is 0 Å². The van der Waals surface area contributed by atoms with Gasteiger partial charge in [0.05, 0.1) is 6.54 Å². The summed E-state index contributed by atoms with van der Waals surface area (Å²) in [5.74, 6) is -0.762. The topological polar surface area (TPSA) is 49.3 Å². The van der Waals surface area contributed by atoms with Crippen LogP contribution >= 0.6 is 12.4 Å². The summed E-state index contributed by atoms with van der Waals surface area (Å²) in [6, 6.07) is 0.487. The molecule has 0 aromatic heterocycles. The summed E-state index contributed by atoms with van der Waals surface area (Å²) in [5, 5.41) is 11.1. The molecule has 1 aliphatic carbocycles. The minimum absolute atomic E-state index is 0. The zero-order valence-corrected chi connectivity index (χ0v) is 6.49. The molecule has 4 heteroatoms. The fraction of sp³-hybridized carbons (Fsp3) is 0.833. The third-order valence-electron chi connectivity index (χ3n) is 1.65. The van der Waals surface area contributed by atoms with Gasteiger partial charge in [-0.3, -0.25) is 4.79 Å². The van der Waals surface area contributed by atoms with Crippen LogP contribution in [-0.4, -0.2) is 23.7 Å². The van der Waals surface area contributed by atoms with Crippen molar-refractivity contribution >= 4 is 18.4 Å². The lowest BCUT2D eigenvalue weighted by Gasteiger charge is -2.25. The van der Waals surface area contributed by atoms with E-state index < -0.39 is 5.97 Å². The molecule has 0 aliphatic heterocycles. The third-order valence-corrected chi connectivity index (χ3v) is 1.65. The van der Waals surface area contributed by atoms with Gasteiger partial charge in [-0.15, -0.1) is 12.4 Å². The van der Waals surface area contributed by atoms with Crippen LogP contribution in [0.2, 0.25) is 0 Å². The van der Waals surface area contributed by atoms with Crippen molar-refractivity contribution in [2.75, 3.05) is 6.54 Å². The van der Waals surface area contributed by atoms with E-state index in [1.54, 1.807) is 0 Å². The first-order chi connectivity index (χ1) is 4.29. The summed E-state index contributed by atoms with van der Waals surface area (Å²) in [6.07, 6.45) is 3.54. The van der Waals surface area contributed by atoms with E-state index in [1.165, 1.54) is 6.42 Å². The smallest absolute Gasteiger partial charge is 0.317 e. The molecular formula is C6H12ClNO2. The summed E-state index contributed by atoms with van der Waals surface area (Å²) >= 11 is 0. The van der Waals surface area contributed by atoms with Gasteiger partial charge in [0.25, 0.3) is 0 Å². The average Bonchev–Trinajstić information content (AvgIpc) is 1.60. The largest absolute Gasteiger partial charge is 0.480 e. The molecule has 0 radical (unpaired) electrons. The van der Waals surface area contributed by atoms with Crippen molar-refractivity contribution in [3.05, 3.63) is 0 Å². The molecule has 0 unspecified atom stereocenters. The predicted octanol–water partition coefficient (Wildman–Crippen LogP) is 0.635. The van der Waals surface area contributed by atoms with Gasteiger partial charge in [0.15, 0.2) is 0 Å². The van der Waals surface area contributed by atoms with E-state index in [4.69, 9.17) is 5.11 Å². The van der Waals surface area contributed by atoms with Gasteiger partial charge < -0.3 is 10.4 Å². The highest BCUT2D eigenvalue weighted by molar-refractivity contribution is 5.85. The molecule has 0 heterocycles. The van der Waals surface area contributed by atoms with Crippen molar-refractivity contribution in [2.24, 2.45) is 0 Å². The summed E-state index contributed by atoms with van der Waals surface area (Å²) < 4.78 is 0. The first-order valence-electron chi connectivity index (χ1n) is 3.24. The number of rotatable bonds is 3. The minimum atomic E-state index is -0.762. The van der Waals surface area contributed by atoms with E-state index in [9.17, 15) is 4.79 Å². The molecule has 60 valence electrons. The van der Waals surface area contributed by atoms with E-state index in [2.05, 4.69) is 5.32 Å². The second-order valence-corrected chi connectivity index (χ2v) is 2.40. The number of carbonyl (C=O) groups is 1. The van der Waals surface area contributed by atoms with Gasteiger partial charge in [-0.2, -0.15) is 0 Å². The second kappa shape index (κ2) is 4.52. The second-order valence-electron chi connectivity index (χ2n) is 2.40. The Morgan fingerprint density at radius 1 is 1.60 bits per heavy atom. The molecule has 3 nitrogen and oxygen atoms in total. The fourth-order valence-corrected chi connectivity index (χ4v) is 0.844. The molecular weight excluding hydrogens is 154 g/mol. The van der Waals surface area contributed by atoms with Crippen molar-refractivity contribution in [3.63, 3.8) is 0 Å². The van der Waals surface area contributed by atoms with Crippen LogP contribution in [0.25, 0.3) is 0 Å². The molecule has 0 spiro atoms. The average molecular weight is 166 g/mol. The van der Waals surface area contributed by atoms with E-state index in [-0.39, 0.29) is 19.0 Å². The number of aliphatic carboxylic acids is 1. The highest BCUT2D eigenvalue weighted by Crippen LogP contribution is 2.17. The Morgan fingerprint density at radius 3 is 2.50 bits per heavy atom. The Morgan fingerprint density at radius 2 is 2.20 bits per heavy atom. The number of nitrogens with one attached hydrogen (secondary N) is 1. The molecule has 1 aliphatic rings. The lowest BCUT2D eigenvalue weighted by atomic mass is 9.93. The standard InChI is InChI=1S/C6H11NO2.ClH/c8-6(9)4-7-5-2-1-3-5;/h5,7H,1-4H2,(H,8,9);1H. The molecule has 0 saturated heterocycles. The Bertz CT molecular complexity index is 114. The number of hydrogen-bond donors (Lipinski definition) is 2. The zero-order chi connectivity index (χ0) is 6.69. The monoisotopic (exact) mass is 165 g/mol. The van der Waals surface area contributed by atoms with E-state index >= 15 is 0 Å². The molecule has 1 rings (SSSR count). The summed E-state index contributed by atoms with van der Waals surface area (Å²) in [4.78, 5) is 9.98. The van der Waals surface area contributed by atoms with Gasteiger partial charge in [-0.05, 0) is 12.8 Å². The molecule has 2 N–H and O–H groups in total. The fourth-order valence-electron chi connectivity index (χ4n) is 0.844. The van der Waals surface area contributed by atoms with Crippen molar-refractivity contribution in [3.8, 4) is 0 Å². The van der Waals surface area contributed by atoms with Crippen LogP contribution in [-0.2, 0) is 4.79 Å². The van der Waals surface area contributed by atoms with Crippen LogP contribution in [0.4, 0.5) is 0 Å². The highest BCUT2D eigenvalue weighted by atomic mass is 35.5. The van der Waals surface area contributed by atoms with Crippen molar-refractivity contribution in [1.29, 1.82) is 0 Å². The quantitative estimate of drug-likeness (QED) is 0.645. The van der Waals surface area contributed by atoms with Gasteiger partial charge in [0, 0.05) is 6.04 Å². The maximum absolute atomic E-state index is 9.98. The molecule has 0 aromatic rings. The Labute approximate surface area is 66.2 Å². The van der Waals surface area contributed by atoms with Crippen molar-refractivity contribution in [2.45, 2.75) is 25.3 Å². The van der Waals surface area contributed by atoms with Crippen LogP contribution in [0.1, 0.15) is 19.3 Å². The first-order valence-corrected chi connectivity index (χ1v) is 3.24. The highest BCUT2D eigenvalue weighted by Gasteiger charge is 2.16. The van der Waals surface area contributed by atoms with Crippen molar-refractivity contribution < 1.29 is 9.90 Å². The van der Waals surface area contributed by atoms with Crippen LogP contribution in [0.3, 0.4) is 0 Å². The summed E-state index contributed by atoms with van der Waals surface area (Å²) in [6.45, 7) is 0.116. The Hall–Kier alpha value is -0.280. The van der Waals surface area contributed by atoms with Gasteiger partial charge in [-0.1, -0.05) is 6.42 Å². The lowest BCUT2D eigenvalue weighted by molar-refractivity contribution is -0.136. The maximum atomic E-state index is 9.98. The van der Waals surface area contributed by atoms with Gasteiger partial charge in [0.2, 0.25) is 0 Å². The molecule has 10 heavy (non-hydrogen) atoms. The van der Waals surface area contributed by atoms with Gasteiger partial charge in [0.1, 0.15) is 0 Å². The number of hydrogen-bond acceptors (Lipinski definition) is 2. The van der Waals surface area contributed by atoms with E-state index in [0.717, 1.165) is 12.8 Å². The number of carboxylic acid groups (broad SMARTS) is 1. The maximum Gasteiger partial charge on any atom is 0.317 e. The van der Waals surface area contributed by atoms with Gasteiger partial charge in [-0.25, -0.2) is 0 Å². The van der Waals surface area contributed by atoms with Crippen LogP contribution in [0.15, 0.2) is 0 Å². The normalized spacial score (nSPS) is 17.2.